The minimum Gasteiger partial charge on any atom is -0.452 e. The van der Waals surface area contributed by atoms with E-state index in [1.165, 1.54) is 11.8 Å². The number of nitrogens with zero attached hydrogens (tertiary/aromatic N) is 1. The highest BCUT2D eigenvalue weighted by molar-refractivity contribution is 9.10. The molecule has 4 rings (SSSR count). The van der Waals surface area contributed by atoms with Crippen LogP contribution in [0.1, 0.15) is 10.4 Å². The van der Waals surface area contributed by atoms with E-state index in [0.29, 0.717) is 27.8 Å². The lowest BCUT2D eigenvalue weighted by molar-refractivity contribution is -0.119. The van der Waals surface area contributed by atoms with Crippen molar-refractivity contribution in [2.75, 3.05) is 18.2 Å². The molecule has 7 heteroatoms. The minimum absolute atomic E-state index is 0.364. The van der Waals surface area contributed by atoms with E-state index < -0.39 is 11.9 Å². The highest BCUT2D eigenvalue weighted by Gasteiger charge is 2.17. The van der Waals surface area contributed by atoms with Crippen LogP contribution in [-0.4, -0.2) is 29.7 Å². The number of carbonyl (C=O) groups is 2. The third-order valence-electron chi connectivity index (χ3n) is 4.77. The van der Waals surface area contributed by atoms with Crippen LogP contribution in [0.2, 0.25) is 0 Å². The Balaban J connectivity index is 1.57. The quantitative estimate of drug-likeness (QED) is 0.249. The number of fused-ring (bicyclic) bond motifs is 1. The van der Waals surface area contributed by atoms with E-state index >= 15 is 0 Å². The lowest BCUT2D eigenvalue weighted by Gasteiger charge is -2.11. The van der Waals surface area contributed by atoms with Crippen LogP contribution < -0.4 is 5.32 Å². The summed E-state index contributed by atoms with van der Waals surface area (Å²) in [5, 5.41) is 3.47. The molecule has 3 aromatic carbocycles. The van der Waals surface area contributed by atoms with Crippen LogP contribution in [0.4, 0.5) is 5.69 Å². The number of hydrogen-bond donors (Lipinski definition) is 1. The summed E-state index contributed by atoms with van der Waals surface area (Å²) < 4.78 is 6.28. The lowest BCUT2D eigenvalue weighted by Crippen LogP contribution is -2.21. The van der Waals surface area contributed by atoms with Crippen molar-refractivity contribution in [3.63, 3.8) is 0 Å². The van der Waals surface area contributed by atoms with Gasteiger partial charge in [-0.15, -0.1) is 11.8 Å². The van der Waals surface area contributed by atoms with E-state index in [1.807, 2.05) is 79.1 Å². The van der Waals surface area contributed by atoms with E-state index in [0.717, 1.165) is 14.9 Å². The molecule has 0 spiro atoms. The highest BCUT2D eigenvalue weighted by Crippen LogP contribution is 2.27. The average Bonchev–Trinajstić information content (AvgIpc) is 2.82. The van der Waals surface area contributed by atoms with E-state index in [9.17, 15) is 9.59 Å². The van der Waals surface area contributed by atoms with Crippen LogP contribution in [0, 0.1) is 0 Å². The second-order valence-corrected chi connectivity index (χ2v) is 8.67. The van der Waals surface area contributed by atoms with E-state index in [4.69, 9.17) is 4.74 Å². The van der Waals surface area contributed by atoms with Crippen LogP contribution in [-0.2, 0) is 9.53 Å². The number of rotatable bonds is 6. The molecule has 0 aliphatic carbocycles. The summed E-state index contributed by atoms with van der Waals surface area (Å²) in [4.78, 5) is 31.0. The van der Waals surface area contributed by atoms with Gasteiger partial charge in [0.1, 0.15) is 0 Å². The monoisotopic (exact) mass is 506 g/mol. The van der Waals surface area contributed by atoms with Gasteiger partial charge in [-0.3, -0.25) is 4.79 Å². The van der Waals surface area contributed by atoms with Gasteiger partial charge in [-0.05, 0) is 42.7 Å². The third-order valence-corrected chi connectivity index (χ3v) is 6.06. The van der Waals surface area contributed by atoms with E-state index in [2.05, 4.69) is 26.2 Å². The maximum absolute atomic E-state index is 12.9. The van der Waals surface area contributed by atoms with Gasteiger partial charge >= 0.3 is 5.97 Å². The number of anilines is 1. The largest absolute Gasteiger partial charge is 0.452 e. The number of esters is 1. The standard InChI is InChI=1S/C25H19BrN2O3S/c1-32-23-12-5-4-11-21(23)28-24(29)15-31-25(30)19-14-22(16-7-6-8-17(26)13-16)27-20-10-3-2-9-18(19)20/h2-14H,15H2,1H3,(H,28,29). The molecule has 0 fully saturated rings. The number of para-hydroxylation sites is 2. The van der Waals surface area contributed by atoms with Crippen LogP contribution >= 0.6 is 27.7 Å². The molecular formula is C25H19BrN2O3S. The van der Waals surface area contributed by atoms with Gasteiger partial charge in [0.25, 0.3) is 5.91 Å². The highest BCUT2D eigenvalue weighted by atomic mass is 79.9. The molecule has 0 saturated heterocycles. The second-order valence-electron chi connectivity index (χ2n) is 6.91. The maximum Gasteiger partial charge on any atom is 0.339 e. The summed E-state index contributed by atoms with van der Waals surface area (Å²) in [6.07, 6.45) is 1.93. The molecule has 0 aliphatic rings. The fraction of sp³-hybridized carbons (Fsp3) is 0.0800. The molecule has 0 bridgehead atoms. The summed E-state index contributed by atoms with van der Waals surface area (Å²) in [6.45, 7) is -0.385. The number of hydrogen-bond acceptors (Lipinski definition) is 5. The predicted molar refractivity (Wildman–Crippen MR) is 132 cm³/mol. The number of thioether (sulfide) groups is 1. The smallest absolute Gasteiger partial charge is 0.339 e. The van der Waals surface area contributed by atoms with Crippen LogP contribution in [0.15, 0.2) is 88.2 Å². The number of carbonyl (C=O) groups excluding carboxylic acids is 2. The molecule has 1 aromatic heterocycles. The molecule has 0 unspecified atom stereocenters. The number of pyridine rings is 1. The van der Waals surface area contributed by atoms with E-state index in [-0.39, 0.29) is 6.61 Å². The molecule has 1 amide bonds. The fourth-order valence-corrected chi connectivity index (χ4v) is 4.24. The molecule has 0 aliphatic heterocycles. The van der Waals surface area contributed by atoms with Crippen LogP contribution in [0.3, 0.4) is 0 Å². The Hall–Kier alpha value is -3.16. The van der Waals surface area contributed by atoms with Crippen LogP contribution in [0.5, 0.6) is 0 Å². The molecule has 0 saturated carbocycles. The number of nitrogens with one attached hydrogen (secondary N) is 1. The first kappa shape index (κ1) is 22.0. The summed E-state index contributed by atoms with van der Waals surface area (Å²) in [5.41, 5.74) is 3.24. The average molecular weight is 507 g/mol. The van der Waals surface area contributed by atoms with Gasteiger partial charge in [0.05, 0.1) is 22.5 Å². The predicted octanol–water partition coefficient (Wildman–Crippen LogP) is 6.18. The summed E-state index contributed by atoms with van der Waals surface area (Å²) in [7, 11) is 0. The molecule has 1 heterocycles. The lowest BCUT2D eigenvalue weighted by atomic mass is 10.0. The van der Waals surface area contributed by atoms with Crippen molar-refractivity contribution in [1.82, 2.24) is 4.98 Å². The Morgan fingerprint density at radius 1 is 1.00 bits per heavy atom. The summed E-state index contributed by atoms with van der Waals surface area (Å²) in [6, 6.07) is 24.2. The van der Waals surface area contributed by atoms with Crippen molar-refractivity contribution in [3.05, 3.63) is 88.9 Å². The van der Waals surface area contributed by atoms with Crippen molar-refractivity contribution < 1.29 is 14.3 Å². The van der Waals surface area contributed by atoms with Gasteiger partial charge in [0.2, 0.25) is 0 Å². The number of amides is 1. The van der Waals surface area contributed by atoms with Gasteiger partial charge < -0.3 is 10.1 Å². The van der Waals surface area contributed by atoms with Gasteiger partial charge in [-0.1, -0.05) is 58.4 Å². The SMILES string of the molecule is CSc1ccccc1NC(=O)COC(=O)c1cc(-c2cccc(Br)c2)nc2ccccc12. The first-order chi connectivity index (χ1) is 15.5. The van der Waals surface area contributed by atoms with Crippen LogP contribution in [0.25, 0.3) is 22.2 Å². The van der Waals surface area contributed by atoms with E-state index in [1.54, 1.807) is 6.07 Å². The number of ether oxygens (including phenoxy) is 1. The molecule has 0 radical (unpaired) electrons. The van der Waals surface area contributed by atoms with Gasteiger partial charge in [0, 0.05) is 20.3 Å². The molecule has 160 valence electrons. The molecule has 32 heavy (non-hydrogen) atoms. The zero-order valence-corrected chi connectivity index (χ0v) is 19.6. The Kier molecular flexibility index (Phi) is 6.87. The van der Waals surface area contributed by atoms with Crippen molar-refractivity contribution in [1.29, 1.82) is 0 Å². The van der Waals surface area contributed by atoms with Crippen molar-refractivity contribution in [2.24, 2.45) is 0 Å². The fourth-order valence-electron chi connectivity index (χ4n) is 3.28. The molecular weight excluding hydrogens is 488 g/mol. The zero-order valence-electron chi connectivity index (χ0n) is 17.2. The molecule has 4 aromatic rings. The minimum atomic E-state index is -0.576. The topological polar surface area (TPSA) is 68.3 Å². The van der Waals surface area contributed by atoms with Gasteiger partial charge in [-0.25, -0.2) is 9.78 Å². The molecule has 5 nitrogen and oxygen atoms in total. The van der Waals surface area contributed by atoms with Gasteiger partial charge in [0.15, 0.2) is 6.61 Å². The zero-order chi connectivity index (χ0) is 22.5. The Labute approximate surface area is 198 Å². The second kappa shape index (κ2) is 9.97. The number of benzene rings is 3. The summed E-state index contributed by atoms with van der Waals surface area (Å²) >= 11 is 5.00. The van der Waals surface area contributed by atoms with Gasteiger partial charge in [-0.2, -0.15) is 0 Å². The Morgan fingerprint density at radius 3 is 2.59 bits per heavy atom. The Morgan fingerprint density at radius 2 is 1.78 bits per heavy atom. The summed E-state index contributed by atoms with van der Waals surface area (Å²) in [5.74, 6) is -0.974. The normalized spacial score (nSPS) is 10.7. The number of halogens is 1. The third kappa shape index (κ3) is 5.00. The first-order valence-electron chi connectivity index (χ1n) is 9.81. The number of aromatic nitrogens is 1. The molecule has 0 atom stereocenters. The van der Waals surface area contributed by atoms with Crippen molar-refractivity contribution >= 4 is 56.2 Å². The Bertz CT molecular complexity index is 1310. The molecule has 1 N–H and O–H groups in total. The maximum atomic E-state index is 12.9. The van der Waals surface area contributed by atoms with Crippen molar-refractivity contribution in [2.45, 2.75) is 4.90 Å². The van der Waals surface area contributed by atoms with Crippen molar-refractivity contribution in [3.8, 4) is 11.3 Å². The first-order valence-corrected chi connectivity index (χ1v) is 11.8.